The molecule has 11 rings (SSSR count). The van der Waals surface area contributed by atoms with E-state index in [2.05, 4.69) is 108 Å². The average Bonchev–Trinajstić information content (AvgIpc) is 3.89. The van der Waals surface area contributed by atoms with Gasteiger partial charge in [0.1, 0.15) is 42.7 Å². The van der Waals surface area contributed by atoms with Crippen LogP contribution in [0.2, 0.25) is 36.3 Å². The van der Waals surface area contributed by atoms with E-state index in [1.807, 2.05) is 35.8 Å². The first-order valence-electron chi connectivity index (χ1n) is 24.6. The van der Waals surface area contributed by atoms with Gasteiger partial charge in [-0.15, -0.1) is 0 Å². The normalized spacial score (nSPS) is 26.7. The van der Waals surface area contributed by atoms with Crippen LogP contribution < -0.4 is 10.6 Å². The zero-order chi connectivity index (χ0) is 53.2. The van der Waals surface area contributed by atoms with Crippen molar-refractivity contribution >= 4 is 68.6 Å². The molecule has 2 amide bonds. The highest BCUT2D eigenvalue weighted by Crippen LogP contribution is 2.61. The van der Waals surface area contributed by atoms with E-state index >= 15 is 0 Å². The van der Waals surface area contributed by atoms with E-state index in [9.17, 15) is 14.7 Å². The molecule has 23 heteroatoms. The number of carbonyl (C=O) groups excluding carboxylic acids is 4. The molecule has 1 saturated carbocycles. The van der Waals surface area contributed by atoms with E-state index in [0.29, 0.717) is 64.5 Å². The fraction of sp³-hybridized carbons (Fsp3) is 0.510. The van der Waals surface area contributed by atoms with Crippen molar-refractivity contribution < 1.29 is 52.1 Å². The second-order valence-electron chi connectivity index (χ2n) is 22.7. The van der Waals surface area contributed by atoms with E-state index in [-0.39, 0.29) is 46.9 Å². The van der Waals surface area contributed by atoms with Crippen LogP contribution >= 0.6 is 0 Å². The molecule has 74 heavy (non-hydrogen) atoms. The molecule has 0 radical (unpaired) electrons. The topological polar surface area (TPSA) is 255 Å². The monoisotopic (exact) mass is 1050 g/mol. The summed E-state index contributed by atoms with van der Waals surface area (Å²) in [6.07, 6.45) is 5.30. The third-order valence-corrected chi connectivity index (χ3v) is 24.7. The summed E-state index contributed by atoms with van der Waals surface area (Å²) in [4.78, 5) is 68.1. The Bertz CT molecular complexity index is 3080. The van der Waals surface area contributed by atoms with Crippen molar-refractivity contribution in [3.8, 4) is 0 Å². The summed E-state index contributed by atoms with van der Waals surface area (Å²) in [5, 5.41) is 17.1. The number of amides is 2. The summed E-state index contributed by atoms with van der Waals surface area (Å²) in [5.41, 5.74) is 0.567. The average molecular weight is 1050 g/mol. The minimum atomic E-state index is -2.21. The van der Waals surface area contributed by atoms with Gasteiger partial charge in [0.15, 0.2) is 68.7 Å². The van der Waals surface area contributed by atoms with Gasteiger partial charge >= 0.3 is 6.15 Å². The summed E-state index contributed by atoms with van der Waals surface area (Å²) in [7, 11) is -4.25. The predicted molar refractivity (Wildman–Crippen MR) is 274 cm³/mol. The Hall–Kier alpha value is -5.99. The number of benzene rings is 2. The minimum Gasteiger partial charge on any atom is -0.408 e. The van der Waals surface area contributed by atoms with Crippen LogP contribution in [0, 0.1) is 0 Å². The summed E-state index contributed by atoms with van der Waals surface area (Å²) in [6.45, 7) is 24.9. The van der Waals surface area contributed by atoms with E-state index in [4.69, 9.17) is 37.4 Å². The molecule has 1 aliphatic carbocycles. The molecule has 6 aromatic rings. The lowest BCUT2D eigenvalue weighted by Crippen LogP contribution is -2.57. The quantitative estimate of drug-likeness (QED) is 0.108. The smallest absolute Gasteiger partial charge is 0.373 e. The molecule has 4 aromatic heterocycles. The van der Waals surface area contributed by atoms with Crippen molar-refractivity contribution in [1.29, 1.82) is 0 Å². The van der Waals surface area contributed by atoms with Crippen LogP contribution in [0.4, 0.5) is 11.6 Å². The van der Waals surface area contributed by atoms with Crippen molar-refractivity contribution in [2.24, 2.45) is 0 Å². The van der Waals surface area contributed by atoms with Gasteiger partial charge in [-0.25, -0.2) is 29.9 Å². The SMILES string of the molecule is CC(C)(C)[Si](C)(C)O[C@@H]1C2OC[C@]1(C)O[C@H]2n1cnc2c(NC(=O)c3ccccc3)ncnc21.CC(C)(C)[Si](C)(C)O[C@@H]1C2OC[C@]1(C1(O)CC1)O[C@H]2n1cnc2c(NC(=O)c3ccccc3)ncnc21.O=C=O. The minimum absolute atomic E-state index is 0.0152. The van der Waals surface area contributed by atoms with Gasteiger partial charge in [0.25, 0.3) is 11.8 Å². The van der Waals surface area contributed by atoms with E-state index in [1.54, 1.807) is 53.6 Å². The molecule has 4 bridgehead atoms. The number of carbonyl (C=O) groups is 2. The van der Waals surface area contributed by atoms with E-state index < -0.39 is 58.1 Å². The van der Waals surface area contributed by atoms with Crippen LogP contribution in [0.3, 0.4) is 0 Å². The molecule has 2 unspecified atom stereocenters. The van der Waals surface area contributed by atoms with E-state index in [0.717, 1.165) is 0 Å². The number of hydrogen-bond acceptors (Lipinski definition) is 17. The first-order valence-corrected chi connectivity index (χ1v) is 30.4. The van der Waals surface area contributed by atoms with Crippen LogP contribution in [0.5, 0.6) is 0 Å². The number of anilines is 2. The lowest BCUT2D eigenvalue weighted by molar-refractivity contribution is -0.216. The van der Waals surface area contributed by atoms with Crippen molar-refractivity contribution in [1.82, 2.24) is 39.0 Å². The maximum atomic E-state index is 12.7. The molecular formula is C51H64N10O11Si2. The van der Waals surface area contributed by atoms with Crippen LogP contribution in [-0.4, -0.2) is 133 Å². The lowest BCUT2D eigenvalue weighted by Gasteiger charge is -2.42. The van der Waals surface area contributed by atoms with Gasteiger partial charge in [0, 0.05) is 11.1 Å². The Balaban J connectivity index is 0.000000173. The Morgan fingerprint density at radius 3 is 1.53 bits per heavy atom. The number of fused-ring (bicyclic) bond motifs is 6. The van der Waals surface area contributed by atoms with Crippen LogP contribution in [0.25, 0.3) is 22.3 Å². The number of ether oxygens (including phenoxy) is 4. The number of rotatable bonds is 11. The Morgan fingerprint density at radius 2 is 1.08 bits per heavy atom. The fourth-order valence-electron chi connectivity index (χ4n) is 9.35. The number of imidazole rings is 2. The van der Waals surface area contributed by atoms with Crippen LogP contribution in [-0.2, 0) is 37.4 Å². The van der Waals surface area contributed by atoms with Gasteiger partial charge in [-0.05, 0) is 80.3 Å². The van der Waals surface area contributed by atoms with Gasteiger partial charge in [0.2, 0.25) is 0 Å². The van der Waals surface area contributed by atoms with Gasteiger partial charge in [-0.1, -0.05) is 77.9 Å². The molecular weight excluding hydrogens is 985 g/mol. The third-order valence-electron chi connectivity index (χ3n) is 15.8. The van der Waals surface area contributed by atoms with Gasteiger partial charge in [-0.2, -0.15) is 9.59 Å². The molecule has 5 fully saturated rings. The molecule has 4 saturated heterocycles. The highest BCUT2D eigenvalue weighted by Gasteiger charge is 2.75. The highest BCUT2D eigenvalue weighted by atomic mass is 28.4. The van der Waals surface area contributed by atoms with Crippen molar-refractivity contribution in [2.45, 2.75) is 151 Å². The molecule has 5 aliphatic rings. The summed E-state index contributed by atoms with van der Waals surface area (Å²) < 4.78 is 43.0. The zero-order valence-electron chi connectivity index (χ0n) is 43.5. The lowest BCUT2D eigenvalue weighted by atomic mass is 9.90. The Morgan fingerprint density at radius 1 is 0.662 bits per heavy atom. The van der Waals surface area contributed by atoms with Crippen molar-refractivity contribution in [3.05, 3.63) is 97.1 Å². The van der Waals surface area contributed by atoms with Crippen LogP contribution in [0.1, 0.15) is 94.5 Å². The fourth-order valence-corrected chi connectivity index (χ4v) is 12.0. The number of nitrogens with one attached hydrogen (secondary N) is 2. The number of hydrogen-bond donors (Lipinski definition) is 3. The molecule has 21 nitrogen and oxygen atoms in total. The molecule has 392 valence electrons. The molecule has 0 spiro atoms. The van der Waals surface area contributed by atoms with Gasteiger partial charge < -0.3 is 43.5 Å². The predicted octanol–water partition coefficient (Wildman–Crippen LogP) is 7.23. The van der Waals surface area contributed by atoms with Gasteiger partial charge in [0.05, 0.1) is 31.5 Å². The molecule has 8 atom stereocenters. The Kier molecular flexibility index (Phi) is 13.8. The van der Waals surface area contributed by atoms with Crippen molar-refractivity contribution in [2.75, 3.05) is 23.8 Å². The molecule has 3 N–H and O–H groups in total. The number of aromatic nitrogens is 8. The molecule has 8 heterocycles. The highest BCUT2D eigenvalue weighted by molar-refractivity contribution is 6.74. The third kappa shape index (κ3) is 9.43. The Labute approximate surface area is 430 Å². The molecule has 2 aromatic carbocycles. The molecule has 4 aliphatic heterocycles. The summed E-state index contributed by atoms with van der Waals surface area (Å²) >= 11 is 0. The first-order chi connectivity index (χ1) is 34.9. The maximum Gasteiger partial charge on any atom is 0.373 e. The summed E-state index contributed by atoms with van der Waals surface area (Å²) in [5.74, 6) is 0.116. The second kappa shape index (κ2) is 19.3. The van der Waals surface area contributed by atoms with Gasteiger partial charge in [-0.3, -0.25) is 18.7 Å². The zero-order valence-corrected chi connectivity index (χ0v) is 45.5. The number of aliphatic hydroxyl groups is 1. The van der Waals surface area contributed by atoms with Crippen LogP contribution in [0.15, 0.2) is 86.0 Å². The first kappa shape index (κ1) is 52.9. The maximum absolute atomic E-state index is 12.7. The largest absolute Gasteiger partial charge is 0.408 e. The second-order valence-corrected chi connectivity index (χ2v) is 32.2. The van der Waals surface area contributed by atoms with E-state index in [1.165, 1.54) is 12.7 Å². The number of nitrogens with zero attached hydrogens (tertiary/aromatic N) is 8. The standard InChI is InChI=1S/C26H33N5O5Si.C24H31N5O4Si.CO2/c1-24(2,3)37(4,5)36-19-18-23(35-26(19,13-34-18)25(33)11-12-25)31-15-29-17-20(27-14-28-21(17)31)30-22(32)16-9-7-6-8-10-16;1-23(2,3)34(5,6)33-18-17-22(32-24(18,4)12-31-17)29-14-27-16-19(25-13-26-20(16)29)28-21(30)15-10-8-7-9-11-15;2-1-3/h6-10,14-15,18-19,23,33H,11-13H2,1-5H3,(H,27,28,30,32);7-11,13-14,17-18,22H,12H2,1-6H3,(H,25,26,28,30);/t18?,19-,23-,26+;17?,18-,22-,24+;/m11./s1. The summed E-state index contributed by atoms with van der Waals surface area (Å²) in [6, 6.07) is 17.9. The van der Waals surface area contributed by atoms with Crippen molar-refractivity contribution in [3.63, 3.8) is 0 Å².